The van der Waals surface area contributed by atoms with Crippen LogP contribution in [0.4, 0.5) is 5.69 Å². The topological polar surface area (TPSA) is 15.3 Å². The van der Waals surface area contributed by atoms with Crippen molar-refractivity contribution < 1.29 is 0 Å². The van der Waals surface area contributed by atoms with E-state index in [1.54, 1.807) is 0 Å². The second-order valence-electron chi connectivity index (χ2n) is 7.00. The predicted octanol–water partition coefficient (Wildman–Crippen LogP) is 3.80. The van der Waals surface area contributed by atoms with E-state index < -0.39 is 0 Å². The molecule has 0 atom stereocenters. The van der Waals surface area contributed by atoms with Gasteiger partial charge in [0, 0.05) is 11.7 Å². The molecule has 0 aromatic heterocycles. The van der Waals surface area contributed by atoms with E-state index in [9.17, 15) is 0 Å². The number of rotatable bonds is 2. The minimum Gasteiger partial charge on any atom is -0.382 e. The number of aryl methyl sites for hydroxylation is 1. The number of likely N-dealkylation sites (tertiary alicyclic amines) is 1. The number of nitrogens with zero attached hydrogens (tertiary/aromatic N) is 1. The Morgan fingerprint density at radius 3 is 2.32 bits per heavy atom. The van der Waals surface area contributed by atoms with E-state index in [0.29, 0.717) is 6.04 Å². The molecule has 1 aliphatic heterocycles. The molecule has 1 aromatic carbocycles. The second-order valence-corrected chi connectivity index (χ2v) is 7.00. The van der Waals surface area contributed by atoms with E-state index in [2.05, 4.69) is 63.2 Å². The van der Waals surface area contributed by atoms with Gasteiger partial charge < -0.3 is 10.2 Å². The smallest absolute Gasteiger partial charge is 0.0372 e. The zero-order valence-electron chi connectivity index (χ0n) is 13.1. The zero-order chi connectivity index (χ0) is 14.0. The second kappa shape index (κ2) is 5.54. The lowest BCUT2D eigenvalue weighted by atomic mass is 9.86. The maximum absolute atomic E-state index is 3.72. The molecule has 2 rings (SSSR count). The molecule has 1 fully saturated rings. The van der Waals surface area contributed by atoms with Gasteiger partial charge in [-0.3, -0.25) is 0 Å². The minimum atomic E-state index is 0.233. The lowest BCUT2D eigenvalue weighted by Crippen LogP contribution is -2.36. The van der Waals surface area contributed by atoms with Crippen molar-refractivity contribution in [3.05, 3.63) is 29.3 Å². The molecule has 19 heavy (non-hydrogen) atoms. The Morgan fingerprint density at radius 2 is 1.79 bits per heavy atom. The first-order chi connectivity index (χ1) is 8.86. The summed E-state index contributed by atoms with van der Waals surface area (Å²) in [5.74, 6) is 0. The Labute approximate surface area is 118 Å². The van der Waals surface area contributed by atoms with Gasteiger partial charge in [0.15, 0.2) is 0 Å². The monoisotopic (exact) mass is 260 g/mol. The third-order valence-electron chi connectivity index (χ3n) is 4.17. The van der Waals surface area contributed by atoms with E-state index in [4.69, 9.17) is 0 Å². The van der Waals surface area contributed by atoms with Crippen molar-refractivity contribution >= 4 is 5.69 Å². The van der Waals surface area contributed by atoms with E-state index in [1.807, 2.05) is 0 Å². The summed E-state index contributed by atoms with van der Waals surface area (Å²) in [5, 5.41) is 3.72. The highest BCUT2D eigenvalue weighted by Gasteiger charge is 2.18. The van der Waals surface area contributed by atoms with Crippen molar-refractivity contribution in [2.45, 2.75) is 52.0 Å². The summed E-state index contributed by atoms with van der Waals surface area (Å²) in [6.07, 6.45) is 2.49. The van der Waals surface area contributed by atoms with Gasteiger partial charge in [-0.1, -0.05) is 32.9 Å². The third kappa shape index (κ3) is 3.73. The summed E-state index contributed by atoms with van der Waals surface area (Å²) in [6, 6.07) is 7.49. The molecule has 0 bridgehead atoms. The van der Waals surface area contributed by atoms with Gasteiger partial charge in [0.1, 0.15) is 0 Å². The molecule has 2 heteroatoms. The van der Waals surface area contributed by atoms with E-state index >= 15 is 0 Å². The third-order valence-corrected chi connectivity index (χ3v) is 4.17. The van der Waals surface area contributed by atoms with Crippen LogP contribution < -0.4 is 5.32 Å². The van der Waals surface area contributed by atoms with Crippen molar-refractivity contribution in [2.24, 2.45) is 0 Å². The predicted molar refractivity (Wildman–Crippen MR) is 84.0 cm³/mol. The van der Waals surface area contributed by atoms with Gasteiger partial charge in [-0.05, 0) is 62.5 Å². The number of hydrogen-bond acceptors (Lipinski definition) is 2. The van der Waals surface area contributed by atoms with Gasteiger partial charge in [0.05, 0.1) is 0 Å². The molecular formula is C17H28N2. The Hall–Kier alpha value is -1.02. The fourth-order valence-corrected chi connectivity index (χ4v) is 2.66. The van der Waals surface area contributed by atoms with Crippen LogP contribution in [-0.2, 0) is 5.41 Å². The summed E-state index contributed by atoms with van der Waals surface area (Å²) in [7, 11) is 2.21. The zero-order valence-corrected chi connectivity index (χ0v) is 13.1. The number of piperidine rings is 1. The number of benzene rings is 1. The fourth-order valence-electron chi connectivity index (χ4n) is 2.66. The lowest BCUT2D eigenvalue weighted by Gasteiger charge is -2.31. The van der Waals surface area contributed by atoms with Crippen LogP contribution in [-0.4, -0.2) is 31.1 Å². The molecule has 1 saturated heterocycles. The maximum Gasteiger partial charge on any atom is 0.0372 e. The van der Waals surface area contributed by atoms with Crippen molar-refractivity contribution in [3.8, 4) is 0 Å². The van der Waals surface area contributed by atoms with Gasteiger partial charge in [-0.2, -0.15) is 0 Å². The molecule has 1 N–H and O–H groups in total. The molecule has 0 radical (unpaired) electrons. The van der Waals surface area contributed by atoms with E-state index in [0.717, 1.165) is 0 Å². The molecule has 1 heterocycles. The SMILES string of the molecule is Cc1cc(C(C)(C)C)ccc1NC1CCN(C)CC1. The van der Waals surface area contributed by atoms with Gasteiger partial charge in [0.2, 0.25) is 0 Å². The molecule has 1 aliphatic rings. The van der Waals surface area contributed by atoms with Crippen LogP contribution >= 0.6 is 0 Å². The highest BCUT2D eigenvalue weighted by Crippen LogP contribution is 2.27. The van der Waals surface area contributed by atoms with Crippen molar-refractivity contribution in [2.75, 3.05) is 25.5 Å². The van der Waals surface area contributed by atoms with Crippen LogP contribution in [0.1, 0.15) is 44.7 Å². The normalized spacial score (nSPS) is 18.6. The Balaban J connectivity index is 2.05. The molecule has 0 amide bonds. The van der Waals surface area contributed by atoms with Gasteiger partial charge in [0.25, 0.3) is 0 Å². The average molecular weight is 260 g/mol. The molecule has 0 saturated carbocycles. The summed E-state index contributed by atoms with van der Waals surface area (Å²) in [5.41, 5.74) is 4.32. The molecule has 0 aliphatic carbocycles. The van der Waals surface area contributed by atoms with Gasteiger partial charge in [-0.15, -0.1) is 0 Å². The lowest BCUT2D eigenvalue weighted by molar-refractivity contribution is 0.264. The van der Waals surface area contributed by atoms with Crippen LogP contribution in [0, 0.1) is 6.92 Å². The molecule has 2 nitrogen and oxygen atoms in total. The van der Waals surface area contributed by atoms with E-state index in [-0.39, 0.29) is 5.41 Å². The standard InChI is InChI=1S/C17H28N2/c1-13-12-14(17(2,3)4)6-7-16(13)18-15-8-10-19(5)11-9-15/h6-7,12,15,18H,8-11H2,1-5H3. The van der Waals surface area contributed by atoms with Crippen molar-refractivity contribution in [3.63, 3.8) is 0 Å². The van der Waals surface area contributed by atoms with Gasteiger partial charge in [-0.25, -0.2) is 0 Å². The first-order valence-corrected chi connectivity index (χ1v) is 7.42. The first-order valence-electron chi connectivity index (χ1n) is 7.42. The summed E-state index contributed by atoms with van der Waals surface area (Å²) in [4.78, 5) is 2.41. The molecular weight excluding hydrogens is 232 g/mol. The van der Waals surface area contributed by atoms with Crippen LogP contribution in [0.25, 0.3) is 0 Å². The highest BCUT2D eigenvalue weighted by atomic mass is 15.1. The van der Waals surface area contributed by atoms with Gasteiger partial charge >= 0.3 is 0 Å². The summed E-state index contributed by atoms with van der Waals surface area (Å²) >= 11 is 0. The molecule has 0 unspecified atom stereocenters. The van der Waals surface area contributed by atoms with Crippen molar-refractivity contribution in [1.29, 1.82) is 0 Å². The molecule has 106 valence electrons. The fraction of sp³-hybridized carbons (Fsp3) is 0.647. The average Bonchev–Trinajstić information content (AvgIpc) is 2.33. The number of hydrogen-bond donors (Lipinski definition) is 1. The number of nitrogens with one attached hydrogen (secondary N) is 1. The number of anilines is 1. The summed E-state index contributed by atoms with van der Waals surface area (Å²) in [6.45, 7) is 11.4. The highest BCUT2D eigenvalue weighted by molar-refractivity contribution is 5.53. The van der Waals surface area contributed by atoms with Crippen LogP contribution in [0.15, 0.2) is 18.2 Å². The van der Waals surface area contributed by atoms with Crippen LogP contribution in [0.2, 0.25) is 0 Å². The minimum absolute atomic E-state index is 0.233. The molecule has 0 spiro atoms. The van der Waals surface area contributed by atoms with E-state index in [1.165, 1.54) is 42.7 Å². The Bertz CT molecular complexity index is 423. The van der Waals surface area contributed by atoms with Crippen molar-refractivity contribution in [1.82, 2.24) is 4.90 Å². The largest absolute Gasteiger partial charge is 0.382 e. The summed E-state index contributed by atoms with van der Waals surface area (Å²) < 4.78 is 0. The Kier molecular flexibility index (Phi) is 4.19. The van der Waals surface area contributed by atoms with Crippen LogP contribution in [0.5, 0.6) is 0 Å². The Morgan fingerprint density at radius 1 is 1.16 bits per heavy atom. The molecule has 1 aromatic rings. The van der Waals surface area contributed by atoms with Crippen LogP contribution in [0.3, 0.4) is 0 Å². The maximum atomic E-state index is 3.72. The quantitative estimate of drug-likeness (QED) is 0.870. The first kappa shape index (κ1) is 14.4.